The highest BCUT2D eigenvalue weighted by atomic mass is 32.1. The molecule has 0 fully saturated rings. The number of thiophene rings is 2. The normalized spacial score (nSPS) is 11.4. The summed E-state index contributed by atoms with van der Waals surface area (Å²) in [6.45, 7) is 8.21. The van der Waals surface area contributed by atoms with Crippen LogP contribution < -0.4 is 0 Å². The van der Waals surface area contributed by atoms with Crippen LogP contribution in [0.2, 0.25) is 0 Å². The average Bonchev–Trinajstić information content (AvgIpc) is 3.19. The maximum atomic E-state index is 12.9. The van der Waals surface area contributed by atoms with Crippen LogP contribution in [-0.2, 0) is 0 Å². The lowest BCUT2D eigenvalue weighted by molar-refractivity contribution is 0.0959. The first-order chi connectivity index (χ1) is 13.9. The van der Waals surface area contributed by atoms with Crippen LogP contribution in [0.5, 0.6) is 0 Å². The highest BCUT2D eigenvalue weighted by Gasteiger charge is 2.20. The zero-order valence-corrected chi connectivity index (χ0v) is 18.9. The summed E-state index contributed by atoms with van der Waals surface area (Å²) in [5, 5.41) is 2.11. The van der Waals surface area contributed by atoms with Gasteiger partial charge in [-0.2, -0.15) is 0 Å². The average molecular weight is 421 g/mol. The van der Waals surface area contributed by atoms with E-state index in [-0.39, 0.29) is 11.6 Å². The summed E-state index contributed by atoms with van der Waals surface area (Å²) in [4.78, 5) is 28.0. The number of ketones is 2. The van der Waals surface area contributed by atoms with Gasteiger partial charge >= 0.3 is 0 Å². The molecule has 2 nitrogen and oxygen atoms in total. The third-order valence-corrected chi connectivity index (χ3v) is 8.05. The molecule has 0 aliphatic heterocycles. The van der Waals surface area contributed by atoms with Gasteiger partial charge in [-0.05, 0) is 45.2 Å². The Morgan fingerprint density at radius 2 is 1.10 bits per heavy atom. The molecule has 0 aliphatic carbocycles. The number of carbonyl (C=O) groups excluding carboxylic acids is 2. The lowest BCUT2D eigenvalue weighted by atomic mass is 9.98. The van der Waals surface area contributed by atoms with Crippen molar-refractivity contribution in [3.05, 3.63) is 68.4 Å². The monoisotopic (exact) mass is 420 g/mol. The van der Waals surface area contributed by atoms with E-state index >= 15 is 0 Å². The number of Topliss-reactive ketones (excluding diaryl/α,β-unsaturated/α-hetero) is 2. The van der Waals surface area contributed by atoms with E-state index in [0.29, 0.717) is 19.3 Å². The number of fused-ring (bicyclic) bond motifs is 2. The lowest BCUT2D eigenvalue weighted by Gasteiger charge is -2.04. The van der Waals surface area contributed by atoms with Gasteiger partial charge in [0.05, 0.1) is 0 Å². The fourth-order valence-electron chi connectivity index (χ4n) is 4.11. The summed E-state index contributed by atoms with van der Waals surface area (Å²) in [6, 6.07) is 12.3. The molecule has 0 amide bonds. The quantitative estimate of drug-likeness (QED) is 0.301. The smallest absolute Gasteiger partial charge is 0.164 e. The molecule has 0 radical (unpaired) electrons. The SMILES string of the molecule is Cc1sc2c(C)cccc2c1C(=O)CCCC(=O)c1c(C)sc2c(C)cccc12. The van der Waals surface area contributed by atoms with Crippen molar-refractivity contribution in [2.75, 3.05) is 0 Å². The van der Waals surface area contributed by atoms with Gasteiger partial charge in [-0.25, -0.2) is 0 Å². The van der Waals surface area contributed by atoms with Crippen LogP contribution in [-0.4, -0.2) is 11.6 Å². The number of benzene rings is 2. The molecular weight excluding hydrogens is 396 g/mol. The van der Waals surface area contributed by atoms with Gasteiger partial charge in [-0.1, -0.05) is 36.4 Å². The summed E-state index contributed by atoms with van der Waals surface area (Å²) in [6.07, 6.45) is 1.40. The van der Waals surface area contributed by atoms with E-state index in [0.717, 1.165) is 31.7 Å². The van der Waals surface area contributed by atoms with Crippen LogP contribution in [0, 0.1) is 27.7 Å². The highest BCUT2D eigenvalue weighted by Crippen LogP contribution is 2.35. The minimum atomic E-state index is 0.148. The van der Waals surface area contributed by atoms with Crippen LogP contribution in [0.15, 0.2) is 36.4 Å². The number of carbonyl (C=O) groups is 2. The molecule has 2 heterocycles. The number of hydrogen-bond acceptors (Lipinski definition) is 4. The van der Waals surface area contributed by atoms with Crippen LogP contribution in [0.1, 0.15) is 60.9 Å². The molecular formula is C25H24O2S2. The van der Waals surface area contributed by atoms with E-state index in [4.69, 9.17) is 0 Å². The first kappa shape index (κ1) is 20.0. The maximum absolute atomic E-state index is 12.9. The summed E-state index contributed by atoms with van der Waals surface area (Å²) in [5.74, 6) is 0.296. The number of rotatable bonds is 6. The first-order valence-corrected chi connectivity index (χ1v) is 11.6. The van der Waals surface area contributed by atoms with Crippen molar-refractivity contribution in [1.82, 2.24) is 0 Å². The van der Waals surface area contributed by atoms with E-state index in [1.165, 1.54) is 20.5 Å². The Bertz CT molecular complexity index is 1160. The summed E-state index contributed by atoms with van der Waals surface area (Å²) in [5.41, 5.74) is 4.10. The zero-order valence-electron chi connectivity index (χ0n) is 17.2. The fraction of sp³-hybridized carbons (Fsp3) is 0.280. The second-order valence-corrected chi connectivity index (χ2v) is 10.1. The van der Waals surface area contributed by atoms with Gasteiger partial charge in [-0.3, -0.25) is 9.59 Å². The molecule has 4 rings (SSSR count). The fourth-order valence-corrected chi connectivity index (χ4v) is 6.39. The molecule has 0 spiro atoms. The Balaban J connectivity index is 1.50. The third-order valence-electron chi connectivity index (χ3n) is 5.54. The lowest BCUT2D eigenvalue weighted by Crippen LogP contribution is -2.04. The molecule has 0 atom stereocenters. The van der Waals surface area contributed by atoms with Crippen molar-refractivity contribution < 1.29 is 9.59 Å². The van der Waals surface area contributed by atoms with Gasteiger partial charge in [0.2, 0.25) is 0 Å². The third kappa shape index (κ3) is 3.56. The Morgan fingerprint density at radius 1 is 0.690 bits per heavy atom. The molecule has 0 saturated carbocycles. The Hall–Kier alpha value is -2.30. The second-order valence-electron chi connectivity index (χ2n) is 7.67. The molecule has 0 saturated heterocycles. The van der Waals surface area contributed by atoms with Gasteiger partial charge < -0.3 is 0 Å². The predicted octanol–water partition coefficient (Wildman–Crippen LogP) is 7.59. The molecule has 2 aromatic carbocycles. The molecule has 148 valence electrons. The Labute approximate surface area is 179 Å². The van der Waals surface area contributed by atoms with Crippen molar-refractivity contribution in [1.29, 1.82) is 0 Å². The van der Waals surface area contributed by atoms with E-state index in [2.05, 4.69) is 26.0 Å². The van der Waals surface area contributed by atoms with Crippen molar-refractivity contribution >= 4 is 54.4 Å². The molecule has 0 N–H and O–H groups in total. The first-order valence-electron chi connectivity index (χ1n) is 9.92. The van der Waals surface area contributed by atoms with Crippen LogP contribution in [0.3, 0.4) is 0 Å². The number of hydrogen-bond donors (Lipinski definition) is 0. The van der Waals surface area contributed by atoms with Gasteiger partial charge in [0, 0.05) is 53.9 Å². The van der Waals surface area contributed by atoms with Crippen LogP contribution in [0.4, 0.5) is 0 Å². The largest absolute Gasteiger partial charge is 0.294 e. The molecule has 29 heavy (non-hydrogen) atoms. The second kappa shape index (κ2) is 7.85. The summed E-state index contributed by atoms with van der Waals surface area (Å²) in [7, 11) is 0. The topological polar surface area (TPSA) is 34.1 Å². The van der Waals surface area contributed by atoms with E-state index in [9.17, 15) is 9.59 Å². The van der Waals surface area contributed by atoms with Crippen LogP contribution in [0.25, 0.3) is 20.2 Å². The van der Waals surface area contributed by atoms with E-state index < -0.39 is 0 Å². The molecule has 0 aliphatic rings. The van der Waals surface area contributed by atoms with Gasteiger partial charge in [0.15, 0.2) is 11.6 Å². The van der Waals surface area contributed by atoms with Crippen molar-refractivity contribution in [3.63, 3.8) is 0 Å². The molecule has 0 unspecified atom stereocenters. The molecule has 2 aromatic heterocycles. The van der Waals surface area contributed by atoms with E-state index in [1.807, 2.05) is 38.1 Å². The molecule has 4 heteroatoms. The van der Waals surface area contributed by atoms with Crippen molar-refractivity contribution in [2.45, 2.75) is 47.0 Å². The van der Waals surface area contributed by atoms with E-state index in [1.54, 1.807) is 22.7 Å². The number of aryl methyl sites for hydroxylation is 4. The molecule has 0 bridgehead atoms. The predicted molar refractivity (Wildman–Crippen MR) is 125 cm³/mol. The maximum Gasteiger partial charge on any atom is 0.164 e. The van der Waals surface area contributed by atoms with Crippen molar-refractivity contribution in [2.24, 2.45) is 0 Å². The molecule has 4 aromatic rings. The standard InChI is InChI=1S/C25H24O2S2/c1-14-8-5-10-18-22(16(3)28-24(14)18)20(26)12-7-13-21(27)23-17(4)29-25-15(2)9-6-11-19(23)25/h5-6,8-11H,7,12-13H2,1-4H3. The zero-order chi connectivity index (χ0) is 20.7. The van der Waals surface area contributed by atoms with Crippen LogP contribution >= 0.6 is 22.7 Å². The van der Waals surface area contributed by atoms with Gasteiger partial charge in [0.1, 0.15) is 0 Å². The minimum Gasteiger partial charge on any atom is -0.294 e. The summed E-state index contributed by atoms with van der Waals surface area (Å²) >= 11 is 3.38. The van der Waals surface area contributed by atoms with Gasteiger partial charge in [-0.15, -0.1) is 22.7 Å². The summed E-state index contributed by atoms with van der Waals surface area (Å²) < 4.78 is 2.39. The Kier molecular flexibility index (Phi) is 5.41. The Morgan fingerprint density at radius 3 is 1.52 bits per heavy atom. The highest BCUT2D eigenvalue weighted by molar-refractivity contribution is 7.20. The van der Waals surface area contributed by atoms with Gasteiger partial charge in [0.25, 0.3) is 0 Å². The minimum absolute atomic E-state index is 0.148. The van der Waals surface area contributed by atoms with Crippen molar-refractivity contribution in [3.8, 4) is 0 Å².